The number of aromatic nitrogens is 2. The molecule has 4 nitrogen and oxygen atoms in total. The summed E-state index contributed by atoms with van der Waals surface area (Å²) in [5.74, 6) is 1.39. The zero-order valence-corrected chi connectivity index (χ0v) is 11.2. The molecule has 0 atom stereocenters. The molecule has 0 saturated carbocycles. The Morgan fingerprint density at radius 2 is 2.06 bits per heavy atom. The molecule has 0 saturated heterocycles. The van der Waals surface area contributed by atoms with Crippen LogP contribution in [-0.2, 0) is 19.4 Å². The molecule has 0 fully saturated rings. The highest BCUT2D eigenvalue weighted by Crippen LogP contribution is 2.21. The second-order valence-corrected chi connectivity index (χ2v) is 4.27. The van der Waals surface area contributed by atoms with Crippen molar-refractivity contribution >= 4 is 5.69 Å². The molecule has 2 aromatic rings. The van der Waals surface area contributed by atoms with E-state index in [4.69, 9.17) is 4.52 Å². The lowest BCUT2D eigenvalue weighted by molar-refractivity contribution is 0.378. The Kier molecular flexibility index (Phi) is 3.97. The van der Waals surface area contributed by atoms with Gasteiger partial charge in [0.15, 0.2) is 5.82 Å². The standard InChI is InChI=1S/C14H19N3O/c1-4-11-8-6-7-10(3)14(11)15-9-13-16-12(5-2)17-18-13/h6-8,15H,4-5,9H2,1-3H3. The van der Waals surface area contributed by atoms with Crippen LogP contribution in [-0.4, -0.2) is 10.1 Å². The zero-order valence-electron chi connectivity index (χ0n) is 11.2. The van der Waals surface area contributed by atoms with Crippen LogP contribution in [0.1, 0.15) is 36.7 Å². The fourth-order valence-corrected chi connectivity index (χ4v) is 1.95. The van der Waals surface area contributed by atoms with E-state index < -0.39 is 0 Å². The summed E-state index contributed by atoms with van der Waals surface area (Å²) in [5.41, 5.74) is 3.73. The number of hydrogen-bond acceptors (Lipinski definition) is 4. The molecule has 0 radical (unpaired) electrons. The predicted octanol–water partition coefficient (Wildman–Crippen LogP) is 3.11. The Labute approximate surface area is 107 Å². The van der Waals surface area contributed by atoms with E-state index in [1.165, 1.54) is 16.8 Å². The molecule has 1 aromatic carbocycles. The molecule has 1 N–H and O–H groups in total. The molecule has 2 rings (SSSR count). The van der Waals surface area contributed by atoms with Gasteiger partial charge in [0.1, 0.15) is 0 Å². The van der Waals surface area contributed by atoms with Crippen LogP contribution in [0.5, 0.6) is 0 Å². The summed E-state index contributed by atoms with van der Waals surface area (Å²) in [6.07, 6.45) is 1.81. The third-order valence-electron chi connectivity index (χ3n) is 2.98. The Morgan fingerprint density at radius 1 is 1.22 bits per heavy atom. The first-order chi connectivity index (χ1) is 8.74. The molecule has 96 valence electrons. The highest BCUT2D eigenvalue weighted by Gasteiger charge is 2.07. The number of hydrogen-bond donors (Lipinski definition) is 1. The van der Waals surface area contributed by atoms with Crippen LogP contribution in [0, 0.1) is 6.92 Å². The van der Waals surface area contributed by atoms with E-state index in [1.807, 2.05) is 6.92 Å². The van der Waals surface area contributed by atoms with Crippen molar-refractivity contribution in [2.45, 2.75) is 40.2 Å². The van der Waals surface area contributed by atoms with Crippen molar-refractivity contribution in [3.05, 3.63) is 41.0 Å². The number of benzene rings is 1. The maximum Gasteiger partial charge on any atom is 0.245 e. The number of aryl methyl sites for hydroxylation is 3. The molecule has 18 heavy (non-hydrogen) atoms. The van der Waals surface area contributed by atoms with Gasteiger partial charge < -0.3 is 9.84 Å². The van der Waals surface area contributed by atoms with Crippen LogP contribution >= 0.6 is 0 Å². The van der Waals surface area contributed by atoms with E-state index in [9.17, 15) is 0 Å². The molecule has 1 aromatic heterocycles. The van der Waals surface area contributed by atoms with Gasteiger partial charge in [0.2, 0.25) is 5.89 Å². The molecule has 0 spiro atoms. The van der Waals surface area contributed by atoms with E-state index in [2.05, 4.69) is 47.5 Å². The van der Waals surface area contributed by atoms with Gasteiger partial charge in [-0.15, -0.1) is 0 Å². The number of nitrogens with zero attached hydrogens (tertiary/aromatic N) is 2. The largest absolute Gasteiger partial charge is 0.376 e. The minimum Gasteiger partial charge on any atom is -0.376 e. The highest BCUT2D eigenvalue weighted by atomic mass is 16.5. The molecule has 0 bridgehead atoms. The minimum absolute atomic E-state index is 0.574. The summed E-state index contributed by atoms with van der Waals surface area (Å²) in [4.78, 5) is 4.29. The van der Waals surface area contributed by atoms with E-state index in [1.54, 1.807) is 0 Å². The lowest BCUT2D eigenvalue weighted by atomic mass is 10.1. The predicted molar refractivity (Wildman–Crippen MR) is 71.6 cm³/mol. The summed E-state index contributed by atoms with van der Waals surface area (Å²) in [7, 11) is 0. The van der Waals surface area contributed by atoms with Gasteiger partial charge in [0.05, 0.1) is 6.54 Å². The number of nitrogens with one attached hydrogen (secondary N) is 1. The molecule has 1 heterocycles. The minimum atomic E-state index is 0.574. The molecule has 0 amide bonds. The quantitative estimate of drug-likeness (QED) is 0.879. The summed E-state index contributed by atoms with van der Waals surface area (Å²) < 4.78 is 5.17. The summed E-state index contributed by atoms with van der Waals surface area (Å²) >= 11 is 0. The number of para-hydroxylation sites is 1. The van der Waals surface area contributed by atoms with Crippen LogP contribution in [0.15, 0.2) is 22.7 Å². The Hall–Kier alpha value is -1.84. The molecule has 4 heteroatoms. The topological polar surface area (TPSA) is 51.0 Å². The molecule has 0 aliphatic carbocycles. The van der Waals surface area contributed by atoms with Gasteiger partial charge in [-0.25, -0.2) is 0 Å². The maximum atomic E-state index is 5.17. The lowest BCUT2D eigenvalue weighted by Crippen LogP contribution is -2.04. The van der Waals surface area contributed by atoms with E-state index >= 15 is 0 Å². The zero-order chi connectivity index (χ0) is 13.0. The van der Waals surface area contributed by atoms with Gasteiger partial charge in [0, 0.05) is 12.1 Å². The van der Waals surface area contributed by atoms with Gasteiger partial charge in [-0.1, -0.05) is 37.2 Å². The second kappa shape index (κ2) is 5.67. The average molecular weight is 245 g/mol. The second-order valence-electron chi connectivity index (χ2n) is 4.27. The SMILES string of the molecule is CCc1noc(CNc2c(C)cccc2CC)n1. The molecule has 0 aliphatic heterocycles. The van der Waals surface area contributed by atoms with Crippen molar-refractivity contribution in [3.8, 4) is 0 Å². The van der Waals surface area contributed by atoms with Gasteiger partial charge in [-0.3, -0.25) is 0 Å². The first kappa shape index (κ1) is 12.6. The molecular formula is C14H19N3O. The third kappa shape index (κ3) is 2.70. The summed E-state index contributed by atoms with van der Waals surface area (Å²) in [6.45, 7) is 6.85. The Balaban J connectivity index is 2.10. The summed E-state index contributed by atoms with van der Waals surface area (Å²) in [5, 5.41) is 7.28. The van der Waals surface area contributed by atoms with Crippen molar-refractivity contribution in [2.24, 2.45) is 0 Å². The monoisotopic (exact) mass is 245 g/mol. The lowest BCUT2D eigenvalue weighted by Gasteiger charge is -2.12. The smallest absolute Gasteiger partial charge is 0.245 e. The van der Waals surface area contributed by atoms with Crippen molar-refractivity contribution in [3.63, 3.8) is 0 Å². The summed E-state index contributed by atoms with van der Waals surface area (Å²) in [6, 6.07) is 6.33. The van der Waals surface area contributed by atoms with Gasteiger partial charge >= 0.3 is 0 Å². The van der Waals surface area contributed by atoms with Crippen LogP contribution in [0.4, 0.5) is 5.69 Å². The van der Waals surface area contributed by atoms with Crippen molar-refractivity contribution in [1.82, 2.24) is 10.1 Å². The van der Waals surface area contributed by atoms with Crippen molar-refractivity contribution in [2.75, 3.05) is 5.32 Å². The van der Waals surface area contributed by atoms with Crippen molar-refractivity contribution in [1.29, 1.82) is 0 Å². The molecular weight excluding hydrogens is 226 g/mol. The fraction of sp³-hybridized carbons (Fsp3) is 0.429. The van der Waals surface area contributed by atoms with E-state index in [0.717, 1.165) is 18.7 Å². The highest BCUT2D eigenvalue weighted by molar-refractivity contribution is 5.57. The van der Waals surface area contributed by atoms with Gasteiger partial charge in [-0.2, -0.15) is 4.98 Å². The Bertz CT molecular complexity index is 520. The normalized spacial score (nSPS) is 10.6. The number of rotatable bonds is 5. The van der Waals surface area contributed by atoms with E-state index in [-0.39, 0.29) is 0 Å². The first-order valence-electron chi connectivity index (χ1n) is 6.38. The Morgan fingerprint density at radius 3 is 2.72 bits per heavy atom. The number of anilines is 1. The fourth-order valence-electron chi connectivity index (χ4n) is 1.95. The molecule has 0 unspecified atom stereocenters. The van der Waals surface area contributed by atoms with Crippen LogP contribution in [0.2, 0.25) is 0 Å². The maximum absolute atomic E-state index is 5.17. The van der Waals surface area contributed by atoms with Crippen LogP contribution in [0.25, 0.3) is 0 Å². The van der Waals surface area contributed by atoms with Crippen LogP contribution in [0.3, 0.4) is 0 Å². The van der Waals surface area contributed by atoms with Gasteiger partial charge in [-0.05, 0) is 24.5 Å². The average Bonchev–Trinajstić information content (AvgIpc) is 2.85. The van der Waals surface area contributed by atoms with E-state index in [0.29, 0.717) is 12.4 Å². The van der Waals surface area contributed by atoms with Gasteiger partial charge in [0.25, 0.3) is 0 Å². The molecule has 0 aliphatic rings. The van der Waals surface area contributed by atoms with Crippen LogP contribution < -0.4 is 5.32 Å². The third-order valence-corrected chi connectivity index (χ3v) is 2.98. The first-order valence-corrected chi connectivity index (χ1v) is 6.38. The van der Waals surface area contributed by atoms with Crippen molar-refractivity contribution < 1.29 is 4.52 Å².